The van der Waals surface area contributed by atoms with Gasteiger partial charge < -0.3 is 10.7 Å². The van der Waals surface area contributed by atoms with E-state index in [1.807, 2.05) is 12.1 Å². The van der Waals surface area contributed by atoms with E-state index in [9.17, 15) is 4.39 Å². The molecule has 0 amide bonds. The van der Waals surface area contributed by atoms with Crippen molar-refractivity contribution in [3.63, 3.8) is 0 Å². The SMILES string of the molecule is N[C@@H]1CCc2c1ccc1[nH]c(-c3ccncc3F)cc21. The highest BCUT2D eigenvalue weighted by Gasteiger charge is 2.22. The predicted octanol–water partition coefficient (Wildman–Crippen LogP) is 3.32. The van der Waals surface area contributed by atoms with Gasteiger partial charge in [0.1, 0.15) is 0 Å². The normalized spacial score (nSPS) is 17.6. The summed E-state index contributed by atoms with van der Waals surface area (Å²) < 4.78 is 13.8. The molecule has 3 nitrogen and oxygen atoms in total. The van der Waals surface area contributed by atoms with Gasteiger partial charge in [-0.05, 0) is 42.2 Å². The van der Waals surface area contributed by atoms with Gasteiger partial charge >= 0.3 is 0 Å². The second kappa shape index (κ2) is 4.15. The van der Waals surface area contributed by atoms with E-state index in [4.69, 9.17) is 5.73 Å². The van der Waals surface area contributed by atoms with E-state index in [0.29, 0.717) is 5.56 Å². The first kappa shape index (κ1) is 11.6. The quantitative estimate of drug-likeness (QED) is 0.710. The number of H-pyrrole nitrogens is 1. The fourth-order valence-electron chi connectivity index (χ4n) is 3.10. The fourth-order valence-corrected chi connectivity index (χ4v) is 3.10. The molecule has 0 saturated heterocycles. The molecule has 2 heterocycles. The third kappa shape index (κ3) is 1.58. The van der Waals surface area contributed by atoms with Gasteiger partial charge in [-0.3, -0.25) is 4.98 Å². The number of hydrogen-bond donors (Lipinski definition) is 2. The lowest BCUT2D eigenvalue weighted by Crippen LogP contribution is -2.04. The maximum atomic E-state index is 13.8. The number of nitrogens with zero attached hydrogens (tertiary/aromatic N) is 1. The summed E-state index contributed by atoms with van der Waals surface area (Å²) in [6, 6.07) is 7.95. The lowest BCUT2D eigenvalue weighted by molar-refractivity contribution is 0.624. The molecule has 0 saturated carbocycles. The summed E-state index contributed by atoms with van der Waals surface area (Å²) in [6.07, 6.45) is 4.81. The molecule has 1 atom stereocenters. The van der Waals surface area contributed by atoms with Gasteiger partial charge in [-0.15, -0.1) is 0 Å². The molecular formula is C16H14FN3. The lowest BCUT2D eigenvalue weighted by Gasteiger charge is -2.04. The number of hydrogen-bond acceptors (Lipinski definition) is 2. The molecule has 0 bridgehead atoms. The van der Waals surface area contributed by atoms with Gasteiger partial charge in [-0.1, -0.05) is 6.07 Å². The molecule has 1 aliphatic rings. The summed E-state index contributed by atoms with van der Waals surface area (Å²) in [5.74, 6) is -0.313. The first-order valence-electron chi connectivity index (χ1n) is 6.74. The van der Waals surface area contributed by atoms with Crippen LogP contribution in [0, 0.1) is 5.82 Å². The van der Waals surface area contributed by atoms with Crippen LogP contribution in [0.5, 0.6) is 0 Å². The molecule has 100 valence electrons. The van der Waals surface area contributed by atoms with Crippen LogP contribution in [0.3, 0.4) is 0 Å². The Kier molecular flexibility index (Phi) is 2.41. The molecular weight excluding hydrogens is 253 g/mol. The van der Waals surface area contributed by atoms with Crippen LogP contribution in [-0.4, -0.2) is 9.97 Å². The number of aromatic amines is 1. The second-order valence-electron chi connectivity index (χ2n) is 5.28. The number of nitrogens with two attached hydrogens (primary N) is 1. The van der Waals surface area contributed by atoms with Crippen LogP contribution in [0.15, 0.2) is 36.7 Å². The predicted molar refractivity (Wildman–Crippen MR) is 76.7 cm³/mol. The molecule has 2 aromatic heterocycles. The van der Waals surface area contributed by atoms with Gasteiger partial charge in [0.05, 0.1) is 6.20 Å². The monoisotopic (exact) mass is 267 g/mol. The van der Waals surface area contributed by atoms with Gasteiger partial charge in [0.15, 0.2) is 5.82 Å². The van der Waals surface area contributed by atoms with Crippen LogP contribution in [-0.2, 0) is 6.42 Å². The van der Waals surface area contributed by atoms with Crippen molar-refractivity contribution in [3.05, 3.63) is 53.6 Å². The van der Waals surface area contributed by atoms with Crippen LogP contribution < -0.4 is 5.73 Å². The topological polar surface area (TPSA) is 54.7 Å². The van der Waals surface area contributed by atoms with E-state index in [2.05, 4.69) is 16.0 Å². The summed E-state index contributed by atoms with van der Waals surface area (Å²) in [5.41, 5.74) is 11.0. The van der Waals surface area contributed by atoms with Crippen molar-refractivity contribution in [1.82, 2.24) is 9.97 Å². The minimum absolute atomic E-state index is 0.130. The number of pyridine rings is 1. The highest BCUT2D eigenvalue weighted by atomic mass is 19.1. The van der Waals surface area contributed by atoms with E-state index in [-0.39, 0.29) is 11.9 Å². The highest BCUT2D eigenvalue weighted by Crippen LogP contribution is 2.36. The van der Waals surface area contributed by atoms with Gasteiger partial charge in [-0.25, -0.2) is 4.39 Å². The van der Waals surface area contributed by atoms with Crippen molar-refractivity contribution in [1.29, 1.82) is 0 Å². The average molecular weight is 267 g/mol. The Hall–Kier alpha value is -2.20. The van der Waals surface area contributed by atoms with E-state index < -0.39 is 0 Å². The van der Waals surface area contributed by atoms with Crippen molar-refractivity contribution in [2.75, 3.05) is 0 Å². The summed E-state index contributed by atoms with van der Waals surface area (Å²) in [5, 5.41) is 1.15. The van der Waals surface area contributed by atoms with Gasteiger partial charge in [0.2, 0.25) is 0 Å². The minimum Gasteiger partial charge on any atom is -0.354 e. The maximum absolute atomic E-state index is 13.8. The number of aromatic nitrogens is 2. The summed E-state index contributed by atoms with van der Waals surface area (Å²) in [7, 11) is 0. The minimum atomic E-state index is -0.313. The summed E-state index contributed by atoms with van der Waals surface area (Å²) in [6.45, 7) is 0. The molecule has 1 aliphatic carbocycles. The van der Waals surface area contributed by atoms with Crippen molar-refractivity contribution >= 4 is 10.9 Å². The molecule has 3 aromatic rings. The van der Waals surface area contributed by atoms with E-state index >= 15 is 0 Å². The van der Waals surface area contributed by atoms with E-state index in [1.54, 1.807) is 12.3 Å². The zero-order valence-corrected chi connectivity index (χ0v) is 10.9. The zero-order valence-electron chi connectivity index (χ0n) is 10.9. The first-order valence-corrected chi connectivity index (χ1v) is 6.74. The molecule has 4 rings (SSSR count). The Bertz CT molecular complexity index is 807. The van der Waals surface area contributed by atoms with Crippen LogP contribution in [0.1, 0.15) is 23.6 Å². The number of fused-ring (bicyclic) bond motifs is 3. The van der Waals surface area contributed by atoms with Crippen molar-refractivity contribution in [2.45, 2.75) is 18.9 Å². The van der Waals surface area contributed by atoms with Crippen LogP contribution in [0.25, 0.3) is 22.2 Å². The number of rotatable bonds is 1. The van der Waals surface area contributed by atoms with Crippen molar-refractivity contribution in [2.24, 2.45) is 5.73 Å². The van der Waals surface area contributed by atoms with Crippen LogP contribution in [0.4, 0.5) is 4.39 Å². The smallest absolute Gasteiger partial charge is 0.150 e. The van der Waals surface area contributed by atoms with Crippen molar-refractivity contribution in [3.8, 4) is 11.3 Å². The molecule has 0 aliphatic heterocycles. The molecule has 3 N–H and O–H groups in total. The summed E-state index contributed by atoms with van der Waals surface area (Å²) in [4.78, 5) is 7.08. The number of aryl methyl sites for hydroxylation is 1. The van der Waals surface area contributed by atoms with Crippen LogP contribution >= 0.6 is 0 Å². The second-order valence-corrected chi connectivity index (χ2v) is 5.28. The number of nitrogens with one attached hydrogen (secondary N) is 1. The standard InChI is InChI=1S/C16H14FN3/c17-13-8-19-6-5-11(13)16-7-12-9-1-3-14(18)10(9)2-4-15(12)20-16/h2,4-8,14,20H,1,3,18H2/t14-/m1/s1. The number of halogens is 1. The molecule has 0 radical (unpaired) electrons. The molecule has 0 spiro atoms. The molecule has 20 heavy (non-hydrogen) atoms. The maximum Gasteiger partial charge on any atom is 0.150 e. The zero-order chi connectivity index (χ0) is 13.7. The molecule has 0 fully saturated rings. The Labute approximate surface area is 115 Å². The lowest BCUT2D eigenvalue weighted by atomic mass is 10.0. The van der Waals surface area contributed by atoms with Crippen LogP contribution in [0.2, 0.25) is 0 Å². The van der Waals surface area contributed by atoms with Gasteiger partial charge in [0, 0.05) is 34.4 Å². The average Bonchev–Trinajstić information content (AvgIpc) is 3.03. The Morgan fingerprint density at radius 2 is 2.20 bits per heavy atom. The summed E-state index contributed by atoms with van der Waals surface area (Å²) >= 11 is 0. The van der Waals surface area contributed by atoms with E-state index in [1.165, 1.54) is 17.3 Å². The largest absolute Gasteiger partial charge is 0.354 e. The van der Waals surface area contributed by atoms with Crippen molar-refractivity contribution < 1.29 is 4.39 Å². The van der Waals surface area contributed by atoms with Gasteiger partial charge in [0.25, 0.3) is 0 Å². The number of benzene rings is 1. The Morgan fingerprint density at radius 1 is 1.30 bits per heavy atom. The highest BCUT2D eigenvalue weighted by molar-refractivity contribution is 5.90. The fraction of sp³-hybridized carbons (Fsp3) is 0.188. The molecule has 4 heteroatoms. The third-order valence-electron chi connectivity index (χ3n) is 4.12. The first-order chi connectivity index (χ1) is 9.74. The van der Waals surface area contributed by atoms with Gasteiger partial charge in [-0.2, -0.15) is 0 Å². The Morgan fingerprint density at radius 3 is 3.05 bits per heavy atom. The molecule has 1 aromatic carbocycles. The third-order valence-corrected chi connectivity index (χ3v) is 4.12. The molecule has 0 unspecified atom stereocenters. The Balaban J connectivity index is 1.95. The van der Waals surface area contributed by atoms with E-state index in [0.717, 1.165) is 29.4 Å².